The number of carbonyl (C=O) groups is 1. The standard InChI is InChI=1S/C31H37N7O3/c1-2-25(39)34-23-17-24(28(41)27(23)40)38-19-33-26-29(35-31(36-30(26)38)37-15-9-10-16-37)32-18-22(20-11-5-3-6-12-20)21-13-7-4-8-14-21/h3-8,11-14,19,22-24,27-28,40-41H,2,9-10,15-18H2,1H3,(H,34,39)(H,32,35,36)/t23-,24+,27+,28-/m0/s1. The zero-order valence-corrected chi connectivity index (χ0v) is 23.2. The number of imidazole rings is 1. The van der Waals surface area contributed by atoms with Gasteiger partial charge in [0.05, 0.1) is 18.4 Å². The van der Waals surface area contributed by atoms with Crippen LogP contribution in [-0.4, -0.2) is 73.5 Å². The number of aliphatic hydroxyl groups excluding tert-OH is 2. The lowest BCUT2D eigenvalue weighted by Crippen LogP contribution is -2.42. The fraction of sp³-hybridized carbons (Fsp3) is 0.419. The van der Waals surface area contributed by atoms with Gasteiger partial charge < -0.3 is 30.3 Å². The van der Waals surface area contributed by atoms with E-state index in [1.54, 1.807) is 13.3 Å². The third-order valence-corrected chi connectivity index (χ3v) is 8.35. The third kappa shape index (κ3) is 5.49. The first kappa shape index (κ1) is 27.2. The Morgan fingerprint density at radius 1 is 0.976 bits per heavy atom. The second-order valence-electron chi connectivity index (χ2n) is 11.0. The van der Waals surface area contributed by atoms with Gasteiger partial charge in [0, 0.05) is 32.0 Å². The van der Waals surface area contributed by atoms with Gasteiger partial charge in [0.2, 0.25) is 11.9 Å². The van der Waals surface area contributed by atoms with Gasteiger partial charge in [-0.15, -0.1) is 0 Å². The summed E-state index contributed by atoms with van der Waals surface area (Å²) in [6, 6.07) is 19.8. The van der Waals surface area contributed by atoms with E-state index in [0.717, 1.165) is 25.9 Å². The summed E-state index contributed by atoms with van der Waals surface area (Å²) in [5.41, 5.74) is 3.60. The Labute approximate surface area is 239 Å². The fourth-order valence-corrected chi connectivity index (χ4v) is 6.06. The molecule has 4 aromatic rings. The second kappa shape index (κ2) is 11.8. The lowest BCUT2D eigenvalue weighted by atomic mass is 9.91. The number of aromatic nitrogens is 4. The number of carbonyl (C=O) groups excluding carboxylic acids is 1. The minimum absolute atomic E-state index is 0.0921. The summed E-state index contributed by atoms with van der Waals surface area (Å²) in [5.74, 6) is 1.19. The molecule has 1 amide bonds. The first-order valence-corrected chi connectivity index (χ1v) is 14.5. The Balaban J connectivity index is 1.35. The van der Waals surface area contributed by atoms with Gasteiger partial charge in [-0.05, 0) is 30.4 Å². The number of anilines is 2. The SMILES string of the molecule is CCC(=O)N[C@H]1C[C@@H](n2cnc3c(NCC(c4ccccc4)c4ccccc4)nc(N4CCCC4)nc32)[C@H](O)[C@@H]1O. The van der Waals surface area contributed by atoms with Gasteiger partial charge in [0.1, 0.15) is 12.2 Å². The quantitative estimate of drug-likeness (QED) is 0.248. The highest BCUT2D eigenvalue weighted by Crippen LogP contribution is 2.35. The molecular formula is C31H37N7O3. The highest BCUT2D eigenvalue weighted by Gasteiger charge is 2.43. The monoisotopic (exact) mass is 555 g/mol. The summed E-state index contributed by atoms with van der Waals surface area (Å²) in [6.07, 6.45) is 2.36. The minimum atomic E-state index is -1.08. The Morgan fingerprint density at radius 2 is 1.63 bits per heavy atom. The van der Waals surface area contributed by atoms with Crippen LogP contribution in [0.2, 0.25) is 0 Å². The summed E-state index contributed by atoms with van der Waals surface area (Å²) in [6.45, 7) is 4.12. The van der Waals surface area contributed by atoms with E-state index in [0.29, 0.717) is 42.3 Å². The summed E-state index contributed by atoms with van der Waals surface area (Å²) in [4.78, 5) is 28.8. The predicted octanol–water partition coefficient (Wildman–Crippen LogP) is 3.23. The van der Waals surface area contributed by atoms with Gasteiger partial charge >= 0.3 is 0 Å². The van der Waals surface area contributed by atoms with Crippen LogP contribution >= 0.6 is 0 Å². The highest BCUT2D eigenvalue weighted by molar-refractivity contribution is 5.84. The van der Waals surface area contributed by atoms with Crippen LogP contribution in [0.4, 0.5) is 11.8 Å². The molecule has 1 aliphatic heterocycles. The number of benzene rings is 2. The Bertz CT molecular complexity index is 1430. The van der Waals surface area contributed by atoms with Crippen LogP contribution in [0, 0.1) is 0 Å². The molecular weight excluding hydrogens is 518 g/mol. The topological polar surface area (TPSA) is 128 Å². The maximum atomic E-state index is 12.0. The van der Waals surface area contributed by atoms with Crippen molar-refractivity contribution in [3.8, 4) is 0 Å². The molecule has 2 aliphatic rings. The molecule has 1 saturated carbocycles. The number of hydrogen-bond donors (Lipinski definition) is 4. The van der Waals surface area contributed by atoms with E-state index in [-0.39, 0.29) is 11.8 Å². The second-order valence-corrected chi connectivity index (χ2v) is 11.0. The molecule has 4 atom stereocenters. The molecule has 10 nitrogen and oxygen atoms in total. The number of rotatable bonds is 9. The molecule has 4 N–H and O–H groups in total. The summed E-state index contributed by atoms with van der Waals surface area (Å²) >= 11 is 0. The van der Waals surface area contributed by atoms with Gasteiger partial charge in [-0.25, -0.2) is 4.98 Å². The average Bonchev–Trinajstić information content (AvgIpc) is 3.75. The van der Waals surface area contributed by atoms with Crippen molar-refractivity contribution in [1.82, 2.24) is 24.8 Å². The maximum Gasteiger partial charge on any atom is 0.229 e. The van der Waals surface area contributed by atoms with Crippen molar-refractivity contribution in [2.75, 3.05) is 29.9 Å². The van der Waals surface area contributed by atoms with Gasteiger partial charge in [-0.2, -0.15) is 9.97 Å². The van der Waals surface area contributed by atoms with E-state index in [1.807, 2.05) is 16.7 Å². The number of nitrogens with zero attached hydrogens (tertiary/aromatic N) is 5. The molecule has 0 unspecified atom stereocenters. The van der Waals surface area contributed by atoms with Crippen LogP contribution < -0.4 is 15.5 Å². The van der Waals surface area contributed by atoms with Gasteiger partial charge in [0.25, 0.3) is 0 Å². The molecule has 6 rings (SSSR count). The van der Waals surface area contributed by atoms with Crippen molar-refractivity contribution in [1.29, 1.82) is 0 Å². The fourth-order valence-electron chi connectivity index (χ4n) is 6.06. The summed E-state index contributed by atoms with van der Waals surface area (Å²) in [7, 11) is 0. The molecule has 1 saturated heterocycles. The molecule has 0 spiro atoms. The van der Waals surface area contributed by atoms with Crippen molar-refractivity contribution in [2.45, 2.75) is 62.8 Å². The van der Waals surface area contributed by atoms with Crippen LogP contribution in [0.25, 0.3) is 11.2 Å². The highest BCUT2D eigenvalue weighted by atomic mass is 16.3. The van der Waals surface area contributed by atoms with E-state index in [2.05, 4.69) is 64.1 Å². The molecule has 1 aliphatic carbocycles. The molecule has 2 fully saturated rings. The molecule has 41 heavy (non-hydrogen) atoms. The van der Waals surface area contributed by atoms with E-state index in [4.69, 9.17) is 15.0 Å². The van der Waals surface area contributed by atoms with Crippen molar-refractivity contribution >= 4 is 28.8 Å². The summed E-state index contributed by atoms with van der Waals surface area (Å²) in [5, 5.41) is 28.2. The molecule has 2 aromatic heterocycles. The van der Waals surface area contributed by atoms with E-state index < -0.39 is 24.3 Å². The number of aliphatic hydroxyl groups is 2. The molecule has 214 valence electrons. The lowest BCUT2D eigenvalue weighted by molar-refractivity contribution is -0.122. The summed E-state index contributed by atoms with van der Waals surface area (Å²) < 4.78 is 1.83. The van der Waals surface area contributed by atoms with Gasteiger partial charge in [-0.3, -0.25) is 4.79 Å². The van der Waals surface area contributed by atoms with Gasteiger partial charge in [0.15, 0.2) is 17.0 Å². The first-order valence-electron chi connectivity index (χ1n) is 14.5. The van der Waals surface area contributed by atoms with Crippen molar-refractivity contribution in [3.63, 3.8) is 0 Å². The average molecular weight is 556 g/mol. The Morgan fingerprint density at radius 3 is 2.27 bits per heavy atom. The Kier molecular flexibility index (Phi) is 7.84. The Hall–Kier alpha value is -4.02. The number of nitrogens with one attached hydrogen (secondary N) is 2. The first-order chi connectivity index (χ1) is 20.0. The van der Waals surface area contributed by atoms with Crippen molar-refractivity contribution in [2.24, 2.45) is 0 Å². The van der Waals surface area contributed by atoms with E-state index in [9.17, 15) is 15.0 Å². The van der Waals surface area contributed by atoms with Crippen LogP contribution in [0.15, 0.2) is 67.0 Å². The minimum Gasteiger partial charge on any atom is -0.388 e. The van der Waals surface area contributed by atoms with E-state index in [1.165, 1.54) is 11.1 Å². The smallest absolute Gasteiger partial charge is 0.229 e. The van der Waals surface area contributed by atoms with Crippen LogP contribution in [0.3, 0.4) is 0 Å². The normalized spacial score (nSPS) is 22.5. The third-order valence-electron chi connectivity index (χ3n) is 8.35. The zero-order valence-electron chi connectivity index (χ0n) is 23.2. The van der Waals surface area contributed by atoms with Crippen LogP contribution in [0.1, 0.15) is 55.7 Å². The molecule has 0 bridgehead atoms. The predicted molar refractivity (Wildman–Crippen MR) is 158 cm³/mol. The maximum absolute atomic E-state index is 12.0. The van der Waals surface area contributed by atoms with Crippen LogP contribution in [0.5, 0.6) is 0 Å². The van der Waals surface area contributed by atoms with Crippen molar-refractivity contribution < 1.29 is 15.0 Å². The molecule has 2 aromatic carbocycles. The largest absolute Gasteiger partial charge is 0.388 e. The van der Waals surface area contributed by atoms with Gasteiger partial charge in [-0.1, -0.05) is 67.6 Å². The van der Waals surface area contributed by atoms with Crippen LogP contribution in [-0.2, 0) is 4.79 Å². The van der Waals surface area contributed by atoms with E-state index >= 15 is 0 Å². The number of fused-ring (bicyclic) bond motifs is 1. The van der Waals surface area contributed by atoms with Crippen molar-refractivity contribution in [3.05, 3.63) is 78.1 Å². The zero-order chi connectivity index (χ0) is 28.3. The molecule has 10 heteroatoms. The number of hydrogen-bond acceptors (Lipinski definition) is 8. The molecule has 3 heterocycles. The molecule has 0 radical (unpaired) electrons. The number of amides is 1. The lowest BCUT2D eigenvalue weighted by Gasteiger charge is -2.22.